The van der Waals surface area contributed by atoms with Crippen LogP contribution >= 0.6 is 0 Å². The van der Waals surface area contributed by atoms with Crippen molar-refractivity contribution in [1.82, 2.24) is 5.32 Å². The lowest BCUT2D eigenvalue weighted by molar-refractivity contribution is -0.117. The molecule has 2 aromatic carbocycles. The van der Waals surface area contributed by atoms with Crippen LogP contribution < -0.4 is 10.6 Å². The van der Waals surface area contributed by atoms with Crippen molar-refractivity contribution in [3.63, 3.8) is 0 Å². The highest BCUT2D eigenvalue weighted by Crippen LogP contribution is 2.14. The minimum absolute atomic E-state index is 0.0261. The Hall–Kier alpha value is -3.02. The minimum Gasteiger partial charge on any atom is -0.352 e. The fraction of sp³-hybridized carbons (Fsp3) is 0.111. The number of hydrogen-bond donors (Lipinski definition) is 2. The van der Waals surface area contributed by atoms with Gasteiger partial charge in [-0.3, -0.25) is 9.59 Å². The van der Waals surface area contributed by atoms with Gasteiger partial charge >= 0.3 is 0 Å². The second kappa shape index (κ2) is 8.57. The van der Waals surface area contributed by atoms with E-state index in [0.717, 1.165) is 17.7 Å². The van der Waals surface area contributed by atoms with Crippen molar-refractivity contribution in [2.24, 2.45) is 0 Å². The molecule has 4 nitrogen and oxygen atoms in total. The average Bonchev–Trinajstić information content (AvgIpc) is 2.56. The van der Waals surface area contributed by atoms with Crippen molar-refractivity contribution >= 4 is 23.6 Å². The Labute approximate surface area is 138 Å². The van der Waals surface area contributed by atoms with E-state index in [1.165, 1.54) is 6.08 Å². The molecule has 0 saturated heterocycles. The number of amides is 2. The van der Waals surface area contributed by atoms with Crippen molar-refractivity contribution < 1.29 is 18.4 Å². The first kappa shape index (κ1) is 17.3. The van der Waals surface area contributed by atoms with Gasteiger partial charge in [-0.1, -0.05) is 30.3 Å². The van der Waals surface area contributed by atoms with E-state index in [1.54, 1.807) is 6.08 Å². The lowest BCUT2D eigenvalue weighted by Gasteiger charge is -2.06. The molecule has 0 bridgehead atoms. The van der Waals surface area contributed by atoms with Gasteiger partial charge in [0, 0.05) is 25.1 Å². The smallest absolute Gasteiger partial charge is 0.244 e. The van der Waals surface area contributed by atoms with Crippen LogP contribution in [0.2, 0.25) is 0 Å². The van der Waals surface area contributed by atoms with Crippen LogP contribution in [-0.2, 0) is 9.59 Å². The molecule has 0 saturated carbocycles. The lowest BCUT2D eigenvalue weighted by atomic mass is 10.2. The minimum atomic E-state index is -0.849. The van der Waals surface area contributed by atoms with Crippen LogP contribution in [0.1, 0.15) is 12.0 Å². The van der Waals surface area contributed by atoms with Crippen molar-refractivity contribution in [1.29, 1.82) is 0 Å². The summed E-state index contributed by atoms with van der Waals surface area (Å²) in [6, 6.07) is 12.2. The van der Waals surface area contributed by atoms with E-state index in [1.807, 2.05) is 30.3 Å². The van der Waals surface area contributed by atoms with Gasteiger partial charge in [0.15, 0.2) is 0 Å². The van der Waals surface area contributed by atoms with Gasteiger partial charge < -0.3 is 10.6 Å². The van der Waals surface area contributed by atoms with Gasteiger partial charge in [0.05, 0.1) is 5.69 Å². The van der Waals surface area contributed by atoms with Crippen LogP contribution in [0.4, 0.5) is 14.5 Å². The van der Waals surface area contributed by atoms with Gasteiger partial charge in [0.1, 0.15) is 11.6 Å². The first-order chi connectivity index (χ1) is 11.5. The monoisotopic (exact) mass is 330 g/mol. The summed E-state index contributed by atoms with van der Waals surface area (Å²) in [6.07, 6.45) is 3.00. The summed E-state index contributed by atoms with van der Waals surface area (Å²) in [5, 5.41) is 4.87. The second-order valence-corrected chi connectivity index (χ2v) is 4.96. The third kappa shape index (κ3) is 5.64. The number of benzene rings is 2. The number of nitrogens with one attached hydrogen (secondary N) is 2. The van der Waals surface area contributed by atoms with Crippen molar-refractivity contribution in [3.8, 4) is 0 Å². The van der Waals surface area contributed by atoms with Crippen LogP contribution in [0.5, 0.6) is 0 Å². The molecule has 0 fully saturated rings. The maximum absolute atomic E-state index is 13.4. The fourth-order valence-corrected chi connectivity index (χ4v) is 1.90. The van der Waals surface area contributed by atoms with Gasteiger partial charge in [0.25, 0.3) is 0 Å². The number of carbonyl (C=O) groups excluding carboxylic acids is 2. The molecule has 6 heteroatoms. The Morgan fingerprint density at radius 2 is 1.79 bits per heavy atom. The molecule has 0 aliphatic rings. The number of rotatable bonds is 6. The zero-order chi connectivity index (χ0) is 17.4. The molecule has 0 spiro atoms. The van der Waals surface area contributed by atoms with Crippen LogP contribution in [0.25, 0.3) is 6.08 Å². The molecule has 2 N–H and O–H groups in total. The molecule has 0 atom stereocenters. The predicted octanol–water partition coefficient (Wildman–Crippen LogP) is 3.12. The maximum atomic E-state index is 13.4. The molecular formula is C18H16F2N2O2. The molecule has 0 heterocycles. The molecule has 0 radical (unpaired) electrons. The van der Waals surface area contributed by atoms with Gasteiger partial charge in [-0.2, -0.15) is 0 Å². The molecule has 0 aromatic heterocycles. The molecule has 0 unspecified atom stereocenters. The molecule has 2 amide bonds. The van der Waals surface area contributed by atoms with Crippen molar-refractivity contribution in [2.75, 3.05) is 11.9 Å². The van der Waals surface area contributed by atoms with Crippen LogP contribution in [0.15, 0.2) is 54.6 Å². The molecule has 0 aliphatic heterocycles. The van der Waals surface area contributed by atoms with Gasteiger partial charge in [-0.05, 0) is 23.8 Å². The Balaban J connectivity index is 1.74. The van der Waals surface area contributed by atoms with E-state index in [4.69, 9.17) is 0 Å². The number of hydrogen-bond acceptors (Lipinski definition) is 2. The third-order valence-corrected chi connectivity index (χ3v) is 3.08. The maximum Gasteiger partial charge on any atom is 0.244 e. The highest BCUT2D eigenvalue weighted by molar-refractivity contribution is 5.93. The fourth-order valence-electron chi connectivity index (χ4n) is 1.90. The zero-order valence-corrected chi connectivity index (χ0v) is 12.8. The molecule has 2 aromatic rings. The van der Waals surface area contributed by atoms with E-state index in [-0.39, 0.29) is 24.6 Å². The average molecular weight is 330 g/mol. The number of carbonyl (C=O) groups is 2. The number of halogens is 2. The highest BCUT2D eigenvalue weighted by Gasteiger charge is 2.08. The zero-order valence-electron chi connectivity index (χ0n) is 12.8. The SMILES string of the molecule is O=C(/C=C/c1ccccc1)NCCC(=O)Nc1ccc(F)cc1F. The van der Waals surface area contributed by atoms with Gasteiger partial charge in [0.2, 0.25) is 11.8 Å². The summed E-state index contributed by atoms with van der Waals surface area (Å²) in [4.78, 5) is 23.3. The van der Waals surface area contributed by atoms with Crippen LogP contribution in [0, 0.1) is 11.6 Å². The summed E-state index contributed by atoms with van der Waals surface area (Å²) in [7, 11) is 0. The quantitative estimate of drug-likeness (QED) is 0.800. The van der Waals surface area contributed by atoms with Crippen LogP contribution in [-0.4, -0.2) is 18.4 Å². The summed E-state index contributed by atoms with van der Waals surface area (Å²) in [5.74, 6) is -2.38. The lowest BCUT2D eigenvalue weighted by Crippen LogP contribution is -2.26. The normalized spacial score (nSPS) is 10.6. The Kier molecular flexibility index (Phi) is 6.19. The molecule has 124 valence electrons. The molecule has 2 rings (SSSR count). The molecule has 24 heavy (non-hydrogen) atoms. The first-order valence-electron chi connectivity index (χ1n) is 7.30. The van der Waals surface area contributed by atoms with Crippen molar-refractivity contribution in [2.45, 2.75) is 6.42 Å². The summed E-state index contributed by atoms with van der Waals surface area (Å²) in [6.45, 7) is 0.104. The Morgan fingerprint density at radius 3 is 2.50 bits per heavy atom. The first-order valence-corrected chi connectivity index (χ1v) is 7.30. The highest BCUT2D eigenvalue weighted by atomic mass is 19.1. The van der Waals surface area contributed by atoms with Crippen LogP contribution in [0.3, 0.4) is 0 Å². The summed E-state index contributed by atoms with van der Waals surface area (Å²) >= 11 is 0. The molecule has 0 aliphatic carbocycles. The Morgan fingerprint density at radius 1 is 1.04 bits per heavy atom. The molecular weight excluding hydrogens is 314 g/mol. The topological polar surface area (TPSA) is 58.2 Å². The van der Waals surface area contributed by atoms with Crippen molar-refractivity contribution in [3.05, 3.63) is 71.8 Å². The largest absolute Gasteiger partial charge is 0.352 e. The van der Waals surface area contributed by atoms with E-state index >= 15 is 0 Å². The van der Waals surface area contributed by atoms with Gasteiger partial charge in [-0.25, -0.2) is 8.78 Å². The summed E-state index contributed by atoms with van der Waals surface area (Å²) < 4.78 is 26.2. The third-order valence-electron chi connectivity index (χ3n) is 3.08. The number of anilines is 1. The van der Waals surface area contributed by atoms with E-state index in [2.05, 4.69) is 10.6 Å². The second-order valence-electron chi connectivity index (χ2n) is 4.96. The van der Waals surface area contributed by atoms with E-state index in [9.17, 15) is 18.4 Å². The van der Waals surface area contributed by atoms with E-state index in [0.29, 0.717) is 6.07 Å². The van der Waals surface area contributed by atoms with E-state index < -0.39 is 17.5 Å². The predicted molar refractivity (Wildman–Crippen MR) is 88.1 cm³/mol. The summed E-state index contributed by atoms with van der Waals surface area (Å²) in [5.41, 5.74) is 0.786. The van der Waals surface area contributed by atoms with Gasteiger partial charge in [-0.15, -0.1) is 0 Å². The standard InChI is InChI=1S/C18H16F2N2O2/c19-14-7-8-16(15(20)12-14)22-18(24)10-11-21-17(23)9-6-13-4-2-1-3-5-13/h1-9,12H,10-11H2,(H,21,23)(H,22,24)/b9-6+. The Bertz CT molecular complexity index is 746.